The van der Waals surface area contributed by atoms with Crippen molar-refractivity contribution in [2.45, 2.75) is 0 Å². The van der Waals surface area contributed by atoms with Crippen molar-refractivity contribution in [2.24, 2.45) is 5.16 Å². The van der Waals surface area contributed by atoms with E-state index in [1.165, 1.54) is 6.21 Å². The molecule has 1 aromatic carbocycles. The highest BCUT2D eigenvalue weighted by Gasteiger charge is 2.07. The Morgan fingerprint density at radius 2 is 2.07 bits per heavy atom. The molecule has 0 bridgehead atoms. The van der Waals surface area contributed by atoms with Gasteiger partial charge in [-0.15, -0.1) is 0 Å². The quantitative estimate of drug-likeness (QED) is 0.481. The highest BCUT2D eigenvalue weighted by molar-refractivity contribution is 6.31. The van der Waals surface area contributed by atoms with E-state index in [2.05, 4.69) is 10.1 Å². The summed E-state index contributed by atoms with van der Waals surface area (Å²) in [6.07, 6.45) is 2.83. The molecule has 5 heteroatoms. The smallest absolute Gasteiger partial charge is 0.156 e. The molecule has 0 aliphatic carbocycles. The molecule has 4 nitrogen and oxygen atoms in total. The molecule has 0 unspecified atom stereocenters. The van der Waals surface area contributed by atoms with Crippen molar-refractivity contribution in [3.8, 4) is 5.69 Å². The lowest BCUT2D eigenvalue weighted by Gasteiger charge is -2.03. The summed E-state index contributed by atoms with van der Waals surface area (Å²) in [5, 5.41) is 11.8. The molecule has 2 aromatic rings. The molecule has 2 rings (SSSR count). The molecule has 0 atom stereocenters. The van der Waals surface area contributed by atoms with Crippen LogP contribution in [0, 0.1) is 0 Å². The number of nitrogens with zero attached hydrogens (tertiary/aromatic N) is 3. The van der Waals surface area contributed by atoms with E-state index in [-0.39, 0.29) is 0 Å². The van der Waals surface area contributed by atoms with Gasteiger partial charge in [0.15, 0.2) is 5.15 Å². The number of halogens is 1. The van der Waals surface area contributed by atoms with Crippen LogP contribution in [0.25, 0.3) is 5.69 Å². The van der Waals surface area contributed by atoms with Gasteiger partial charge in [0.1, 0.15) is 12.0 Å². The molecule has 0 fully saturated rings. The van der Waals surface area contributed by atoms with Crippen molar-refractivity contribution in [3.63, 3.8) is 0 Å². The maximum Gasteiger partial charge on any atom is 0.156 e. The molecule has 0 aliphatic heterocycles. The molecule has 0 spiro atoms. The summed E-state index contributed by atoms with van der Waals surface area (Å²) in [7, 11) is 0. The van der Waals surface area contributed by atoms with Gasteiger partial charge in [-0.2, -0.15) is 0 Å². The normalized spacial score (nSPS) is 11.0. The van der Waals surface area contributed by atoms with E-state index >= 15 is 0 Å². The van der Waals surface area contributed by atoms with Crippen LogP contribution < -0.4 is 0 Å². The fourth-order valence-electron chi connectivity index (χ4n) is 1.30. The van der Waals surface area contributed by atoms with E-state index < -0.39 is 0 Å². The number of benzene rings is 1. The Kier molecular flexibility index (Phi) is 2.69. The summed E-state index contributed by atoms with van der Waals surface area (Å²) >= 11 is 5.84. The van der Waals surface area contributed by atoms with E-state index in [9.17, 15) is 0 Å². The van der Waals surface area contributed by atoms with E-state index in [0.29, 0.717) is 10.8 Å². The zero-order chi connectivity index (χ0) is 10.7. The van der Waals surface area contributed by atoms with Crippen LogP contribution >= 0.6 is 11.6 Å². The minimum absolute atomic E-state index is 0.302. The number of imidazole rings is 1. The highest BCUT2D eigenvalue weighted by Crippen LogP contribution is 2.16. The highest BCUT2D eigenvalue weighted by atomic mass is 35.5. The summed E-state index contributed by atoms with van der Waals surface area (Å²) in [6, 6.07) is 9.55. The average Bonchev–Trinajstić information content (AvgIpc) is 2.63. The number of hydrogen-bond acceptors (Lipinski definition) is 3. The zero-order valence-corrected chi connectivity index (χ0v) is 8.46. The standard InChI is InChI=1S/C10H8ClN3O/c11-10-9(6-13-15)14(7-12-10)8-4-2-1-3-5-8/h1-7,15H/b13-6-. The van der Waals surface area contributed by atoms with Crippen LogP contribution in [-0.2, 0) is 0 Å². The van der Waals surface area contributed by atoms with Crippen molar-refractivity contribution >= 4 is 17.8 Å². The van der Waals surface area contributed by atoms with E-state index in [4.69, 9.17) is 16.8 Å². The topological polar surface area (TPSA) is 50.4 Å². The van der Waals surface area contributed by atoms with Crippen LogP contribution in [0.1, 0.15) is 5.69 Å². The first-order valence-electron chi connectivity index (χ1n) is 4.28. The fraction of sp³-hybridized carbons (Fsp3) is 0. The second-order valence-corrected chi connectivity index (χ2v) is 3.23. The molecule has 1 aromatic heterocycles. The Morgan fingerprint density at radius 1 is 1.33 bits per heavy atom. The Labute approximate surface area is 91.4 Å². The van der Waals surface area contributed by atoms with Gasteiger partial charge < -0.3 is 5.21 Å². The van der Waals surface area contributed by atoms with Crippen molar-refractivity contribution in [1.29, 1.82) is 0 Å². The molecule has 15 heavy (non-hydrogen) atoms. The number of aromatic nitrogens is 2. The lowest BCUT2D eigenvalue weighted by molar-refractivity contribution is 0.321. The Morgan fingerprint density at radius 3 is 2.73 bits per heavy atom. The van der Waals surface area contributed by atoms with Gasteiger partial charge >= 0.3 is 0 Å². The average molecular weight is 222 g/mol. The molecule has 0 saturated carbocycles. The number of hydrogen-bond donors (Lipinski definition) is 1. The molecule has 76 valence electrons. The van der Waals surface area contributed by atoms with E-state index in [0.717, 1.165) is 5.69 Å². The summed E-state index contributed by atoms with van der Waals surface area (Å²) < 4.78 is 1.74. The van der Waals surface area contributed by atoms with Gasteiger partial charge in [0, 0.05) is 5.69 Å². The molecule has 0 amide bonds. The summed E-state index contributed by atoms with van der Waals surface area (Å²) in [5.74, 6) is 0. The minimum Gasteiger partial charge on any atom is -0.411 e. The van der Waals surface area contributed by atoms with Crippen molar-refractivity contribution in [1.82, 2.24) is 9.55 Å². The fourth-order valence-corrected chi connectivity index (χ4v) is 1.48. The van der Waals surface area contributed by atoms with Gasteiger partial charge in [0.25, 0.3) is 0 Å². The van der Waals surface area contributed by atoms with Gasteiger partial charge in [-0.05, 0) is 12.1 Å². The molecule has 1 N–H and O–H groups in total. The van der Waals surface area contributed by atoms with Crippen LogP contribution in [0.3, 0.4) is 0 Å². The first kappa shape index (κ1) is 9.73. The predicted molar refractivity (Wildman–Crippen MR) is 58.0 cm³/mol. The van der Waals surface area contributed by atoms with Crippen LogP contribution in [-0.4, -0.2) is 21.0 Å². The van der Waals surface area contributed by atoms with Gasteiger partial charge in [-0.1, -0.05) is 35.0 Å². The van der Waals surface area contributed by atoms with E-state index in [1.807, 2.05) is 30.3 Å². The molecule has 0 aliphatic rings. The predicted octanol–water partition coefficient (Wildman–Crippen LogP) is 2.33. The number of rotatable bonds is 2. The Balaban J connectivity index is 2.54. The molecular weight excluding hydrogens is 214 g/mol. The summed E-state index contributed by atoms with van der Waals surface area (Å²) in [6.45, 7) is 0. The third kappa shape index (κ3) is 1.85. The molecule has 0 radical (unpaired) electrons. The van der Waals surface area contributed by atoms with Gasteiger partial charge in [0.05, 0.1) is 6.21 Å². The Bertz CT molecular complexity index is 479. The number of oxime groups is 1. The lowest BCUT2D eigenvalue weighted by Crippen LogP contribution is -1.97. The second kappa shape index (κ2) is 4.14. The third-order valence-electron chi connectivity index (χ3n) is 1.97. The van der Waals surface area contributed by atoms with Crippen molar-refractivity contribution in [3.05, 3.63) is 47.5 Å². The SMILES string of the molecule is O/N=C\c1c(Cl)ncn1-c1ccccc1. The zero-order valence-electron chi connectivity index (χ0n) is 7.71. The van der Waals surface area contributed by atoms with Gasteiger partial charge in [0.2, 0.25) is 0 Å². The first-order chi connectivity index (χ1) is 7.33. The second-order valence-electron chi connectivity index (χ2n) is 2.87. The third-order valence-corrected chi connectivity index (χ3v) is 2.26. The largest absolute Gasteiger partial charge is 0.411 e. The number of para-hydroxylation sites is 1. The maximum atomic E-state index is 8.50. The maximum absolute atomic E-state index is 8.50. The Hall–Kier alpha value is -1.81. The first-order valence-corrected chi connectivity index (χ1v) is 4.66. The van der Waals surface area contributed by atoms with Gasteiger partial charge in [-0.25, -0.2) is 4.98 Å². The lowest BCUT2D eigenvalue weighted by atomic mass is 10.3. The minimum atomic E-state index is 0.302. The van der Waals surface area contributed by atoms with Crippen LogP contribution in [0.5, 0.6) is 0 Å². The molecular formula is C10H8ClN3O. The van der Waals surface area contributed by atoms with Crippen LogP contribution in [0.4, 0.5) is 0 Å². The summed E-state index contributed by atoms with van der Waals surface area (Å²) in [5.41, 5.74) is 1.46. The molecule has 1 heterocycles. The van der Waals surface area contributed by atoms with Gasteiger partial charge in [-0.3, -0.25) is 4.57 Å². The van der Waals surface area contributed by atoms with Crippen molar-refractivity contribution < 1.29 is 5.21 Å². The summed E-state index contributed by atoms with van der Waals surface area (Å²) in [4.78, 5) is 3.94. The molecule has 0 saturated heterocycles. The van der Waals surface area contributed by atoms with Crippen LogP contribution in [0.2, 0.25) is 5.15 Å². The van der Waals surface area contributed by atoms with Crippen LogP contribution in [0.15, 0.2) is 41.8 Å². The monoisotopic (exact) mass is 221 g/mol. The van der Waals surface area contributed by atoms with E-state index in [1.54, 1.807) is 10.9 Å². The van der Waals surface area contributed by atoms with Crippen molar-refractivity contribution in [2.75, 3.05) is 0 Å².